The van der Waals surface area contributed by atoms with Gasteiger partial charge in [-0.25, -0.2) is 0 Å². The van der Waals surface area contributed by atoms with Crippen molar-refractivity contribution in [2.45, 2.75) is 0 Å². The number of nitrogens with zero attached hydrogens (tertiary/aromatic N) is 1. The Bertz CT molecular complexity index is 36.6. The average molecular weight is 91.1 g/mol. The molecule has 0 fully saturated rings. The lowest BCUT2D eigenvalue weighted by molar-refractivity contribution is 0.603. The molecule has 1 atom stereocenters. The van der Waals surface area contributed by atoms with E-state index in [1.165, 1.54) is 6.26 Å². The lowest BCUT2D eigenvalue weighted by Crippen LogP contribution is -1.85. The van der Waals surface area contributed by atoms with Gasteiger partial charge >= 0.3 is 0 Å². The van der Waals surface area contributed by atoms with Gasteiger partial charge in [0.05, 0.1) is 11.4 Å². The van der Waals surface area contributed by atoms with Crippen molar-refractivity contribution in [3.05, 3.63) is 0 Å². The van der Waals surface area contributed by atoms with Gasteiger partial charge < -0.3 is 4.55 Å². The van der Waals surface area contributed by atoms with Gasteiger partial charge in [0, 0.05) is 6.72 Å². The highest BCUT2D eigenvalue weighted by atomic mass is 32.2. The van der Waals surface area contributed by atoms with Crippen LogP contribution in [-0.4, -0.2) is 17.5 Å². The summed E-state index contributed by atoms with van der Waals surface area (Å²) >= 11 is -1.06. The van der Waals surface area contributed by atoms with Gasteiger partial charge in [-0.2, -0.15) is 0 Å². The van der Waals surface area contributed by atoms with E-state index < -0.39 is 11.4 Å². The molecule has 3 heteroatoms. The zero-order valence-electron chi connectivity index (χ0n) is 2.97. The first-order valence-corrected chi connectivity index (χ1v) is 2.59. The predicted molar refractivity (Wildman–Crippen MR) is 23.6 cm³/mol. The Kier molecular flexibility index (Phi) is 2.22. The van der Waals surface area contributed by atoms with Crippen LogP contribution in [0.3, 0.4) is 0 Å². The molecular weight excluding hydrogens is 86.1 g/mol. The molecule has 0 aliphatic heterocycles. The first kappa shape index (κ1) is 4.98. The largest absolute Gasteiger partial charge is 0.592 e. The summed E-state index contributed by atoms with van der Waals surface area (Å²) in [5, 5.41) is 0. The number of rotatable bonds is 1. The summed E-state index contributed by atoms with van der Waals surface area (Å²) in [5.41, 5.74) is 0. The van der Waals surface area contributed by atoms with E-state index in [-0.39, 0.29) is 0 Å². The lowest BCUT2D eigenvalue weighted by Gasteiger charge is -1.86. The van der Waals surface area contributed by atoms with Crippen LogP contribution in [0.25, 0.3) is 0 Å². The average Bonchev–Trinajstić information content (AvgIpc) is 1.38. The van der Waals surface area contributed by atoms with Gasteiger partial charge in [-0.15, -0.1) is 0 Å². The van der Waals surface area contributed by atoms with E-state index in [0.29, 0.717) is 0 Å². The van der Waals surface area contributed by atoms with E-state index in [1.807, 2.05) is 0 Å². The normalized spacial score (nSPS) is 14.0. The lowest BCUT2D eigenvalue weighted by atomic mass is 11.8. The Balaban J connectivity index is 2.83. The summed E-state index contributed by atoms with van der Waals surface area (Å²) in [6.45, 7) is 3.01. The second-order valence-electron chi connectivity index (χ2n) is 0.553. The third-order valence-corrected chi connectivity index (χ3v) is 0.545. The molecule has 0 radical (unpaired) electrons. The predicted octanol–water partition coefficient (Wildman–Crippen LogP) is -0.0195. The Labute approximate surface area is 34.2 Å². The summed E-state index contributed by atoms with van der Waals surface area (Å²) in [6.07, 6.45) is 1.47. The fraction of sp³-hybridized carbons (Fsp3) is 0.500. The van der Waals surface area contributed by atoms with Gasteiger partial charge in [-0.05, 0) is 0 Å². The van der Waals surface area contributed by atoms with Crippen LogP contribution >= 0.6 is 0 Å². The van der Waals surface area contributed by atoms with Gasteiger partial charge in [0.25, 0.3) is 0 Å². The van der Waals surface area contributed by atoms with Crippen molar-refractivity contribution >= 4 is 18.1 Å². The summed E-state index contributed by atoms with van der Waals surface area (Å²) in [5.74, 6) is 0. The van der Waals surface area contributed by atoms with Gasteiger partial charge in [-0.3, -0.25) is 0 Å². The summed E-state index contributed by atoms with van der Waals surface area (Å²) in [6, 6.07) is 0. The second-order valence-corrected chi connectivity index (χ2v) is 1.66. The molecule has 0 N–H and O–H groups in total. The van der Waals surface area contributed by atoms with Crippen LogP contribution in [0.2, 0.25) is 0 Å². The highest BCUT2D eigenvalue weighted by Gasteiger charge is 1.77. The van der Waals surface area contributed by atoms with Gasteiger partial charge in [0.2, 0.25) is 0 Å². The minimum Gasteiger partial charge on any atom is -0.592 e. The Morgan fingerprint density at radius 1 is 2.00 bits per heavy atom. The van der Waals surface area contributed by atoms with E-state index in [2.05, 4.69) is 11.1 Å². The van der Waals surface area contributed by atoms with Crippen LogP contribution < -0.4 is 0 Å². The highest BCUT2D eigenvalue weighted by molar-refractivity contribution is 7.89. The van der Waals surface area contributed by atoms with E-state index >= 15 is 0 Å². The molecule has 1 unspecified atom stereocenters. The summed E-state index contributed by atoms with van der Waals surface area (Å²) in [4.78, 5) is 0. The topological polar surface area (TPSA) is 35.4 Å². The zero-order valence-corrected chi connectivity index (χ0v) is 3.79. The molecule has 30 valence electrons. The fourth-order valence-electron chi connectivity index (χ4n) is 0. The van der Waals surface area contributed by atoms with Gasteiger partial charge in [0.1, 0.15) is 6.26 Å². The first-order valence-electron chi connectivity index (χ1n) is 1.07. The maximum Gasteiger partial charge on any atom is 0.123 e. The van der Waals surface area contributed by atoms with Crippen LogP contribution in [0, 0.1) is 0 Å². The molecule has 0 saturated carbocycles. The SMILES string of the molecule is C=N[S+](C)[O-]. The highest BCUT2D eigenvalue weighted by Crippen LogP contribution is 1.75. The fourth-order valence-corrected chi connectivity index (χ4v) is 0. The molecule has 0 spiro atoms. The molecule has 0 aromatic rings. The van der Waals surface area contributed by atoms with Crippen LogP contribution in [-0.2, 0) is 11.4 Å². The monoisotopic (exact) mass is 91.0 g/mol. The van der Waals surface area contributed by atoms with Crippen molar-refractivity contribution in [1.29, 1.82) is 0 Å². The molecular formula is C2H5NOS. The van der Waals surface area contributed by atoms with Crippen molar-refractivity contribution in [2.75, 3.05) is 6.26 Å². The molecule has 0 heterocycles. The number of hydrogen-bond acceptors (Lipinski definition) is 2. The zero-order chi connectivity index (χ0) is 4.28. The van der Waals surface area contributed by atoms with Crippen LogP contribution in [0.4, 0.5) is 0 Å². The minimum atomic E-state index is -1.06. The van der Waals surface area contributed by atoms with Crippen molar-refractivity contribution in [3.63, 3.8) is 0 Å². The van der Waals surface area contributed by atoms with Crippen molar-refractivity contribution in [2.24, 2.45) is 4.40 Å². The molecule has 5 heavy (non-hydrogen) atoms. The molecule has 0 amide bonds. The first-order chi connectivity index (χ1) is 2.27. The maximum atomic E-state index is 9.69. The minimum absolute atomic E-state index is 1.06. The third kappa shape index (κ3) is 3.98. The third-order valence-electron chi connectivity index (χ3n) is 0.182. The Hall–Kier alpha value is -0.0200. The van der Waals surface area contributed by atoms with Crippen LogP contribution in [0.15, 0.2) is 4.40 Å². The maximum absolute atomic E-state index is 9.69. The summed E-state index contributed by atoms with van der Waals surface area (Å²) < 4.78 is 12.8. The molecule has 0 aromatic heterocycles. The molecule has 0 bridgehead atoms. The van der Waals surface area contributed by atoms with E-state index in [9.17, 15) is 4.55 Å². The van der Waals surface area contributed by atoms with Crippen molar-refractivity contribution in [1.82, 2.24) is 0 Å². The smallest absolute Gasteiger partial charge is 0.123 e. The quantitative estimate of drug-likeness (QED) is 0.330. The second kappa shape index (κ2) is 2.23. The standard InChI is InChI=1S/C2H5NOS/c1-3-5(2)4/h1H2,2H3. The van der Waals surface area contributed by atoms with Crippen LogP contribution in [0.5, 0.6) is 0 Å². The Morgan fingerprint density at radius 2 is 2.20 bits per heavy atom. The van der Waals surface area contributed by atoms with Crippen molar-refractivity contribution in [3.8, 4) is 0 Å². The van der Waals surface area contributed by atoms with E-state index in [0.717, 1.165) is 0 Å². The summed E-state index contributed by atoms with van der Waals surface area (Å²) in [7, 11) is 0. The van der Waals surface area contributed by atoms with Gasteiger partial charge in [0.15, 0.2) is 0 Å². The van der Waals surface area contributed by atoms with Crippen LogP contribution in [0.1, 0.15) is 0 Å². The van der Waals surface area contributed by atoms with E-state index in [4.69, 9.17) is 0 Å². The molecule has 0 aromatic carbocycles. The molecule has 0 saturated heterocycles. The molecule has 2 nitrogen and oxygen atoms in total. The number of hydrogen-bond donors (Lipinski definition) is 0. The molecule has 0 aliphatic carbocycles. The van der Waals surface area contributed by atoms with Gasteiger partial charge in [-0.1, -0.05) is 4.40 Å². The molecule has 0 aliphatic rings. The van der Waals surface area contributed by atoms with E-state index in [1.54, 1.807) is 0 Å². The Morgan fingerprint density at radius 3 is 2.20 bits per heavy atom. The molecule has 0 rings (SSSR count). The van der Waals surface area contributed by atoms with Crippen molar-refractivity contribution < 1.29 is 4.55 Å².